The first-order valence-corrected chi connectivity index (χ1v) is 10.4. The van der Waals surface area contributed by atoms with Gasteiger partial charge in [-0.05, 0) is 47.5 Å². The highest BCUT2D eigenvalue weighted by molar-refractivity contribution is 5.93. The topological polar surface area (TPSA) is 65.5 Å². The monoisotopic (exact) mass is 414 g/mol. The van der Waals surface area contributed by atoms with Crippen molar-refractivity contribution in [3.8, 4) is 0 Å². The molecule has 158 valence electrons. The Morgan fingerprint density at radius 2 is 2.00 bits per heavy atom. The molecule has 2 amide bonds. The Bertz CT molecular complexity index is 1150. The maximum absolute atomic E-state index is 12.6. The molecule has 2 heterocycles. The fourth-order valence-electron chi connectivity index (χ4n) is 3.82. The molecule has 0 spiro atoms. The van der Waals surface area contributed by atoms with E-state index in [1.807, 2.05) is 37.2 Å². The van der Waals surface area contributed by atoms with E-state index in [1.54, 1.807) is 23.2 Å². The number of benzene rings is 2. The SMILES string of the molecule is CN1CC(=O)Nc2ncc(/C=C/C(=O)N(C)CCc3cccc4ccccc34)cc2C1. The van der Waals surface area contributed by atoms with Crippen molar-refractivity contribution in [1.29, 1.82) is 0 Å². The first-order chi connectivity index (χ1) is 15.0. The molecule has 0 unspecified atom stereocenters. The van der Waals surface area contributed by atoms with Gasteiger partial charge in [-0.2, -0.15) is 0 Å². The van der Waals surface area contributed by atoms with E-state index in [-0.39, 0.29) is 11.8 Å². The summed E-state index contributed by atoms with van der Waals surface area (Å²) in [6, 6.07) is 16.6. The Balaban J connectivity index is 1.40. The van der Waals surface area contributed by atoms with Crippen molar-refractivity contribution in [3.05, 3.63) is 77.5 Å². The van der Waals surface area contributed by atoms with Crippen LogP contribution in [0.1, 0.15) is 16.7 Å². The molecule has 1 aliphatic heterocycles. The third-order valence-corrected chi connectivity index (χ3v) is 5.49. The highest BCUT2D eigenvalue weighted by atomic mass is 16.2. The zero-order chi connectivity index (χ0) is 21.8. The molecule has 1 aliphatic rings. The van der Waals surface area contributed by atoms with Crippen LogP contribution in [0, 0.1) is 0 Å². The maximum atomic E-state index is 12.6. The summed E-state index contributed by atoms with van der Waals surface area (Å²) in [4.78, 5) is 32.4. The number of nitrogens with one attached hydrogen (secondary N) is 1. The second-order valence-corrected chi connectivity index (χ2v) is 7.98. The molecule has 0 atom stereocenters. The molecule has 0 saturated heterocycles. The molecule has 0 saturated carbocycles. The molecule has 4 rings (SSSR count). The Morgan fingerprint density at radius 3 is 2.87 bits per heavy atom. The highest BCUT2D eigenvalue weighted by Crippen LogP contribution is 2.20. The zero-order valence-corrected chi connectivity index (χ0v) is 17.8. The lowest BCUT2D eigenvalue weighted by molar-refractivity contribution is -0.124. The third kappa shape index (κ3) is 4.98. The van der Waals surface area contributed by atoms with E-state index in [2.05, 4.69) is 40.6 Å². The normalized spacial score (nSPS) is 14.3. The fraction of sp³-hybridized carbons (Fsp3) is 0.240. The third-order valence-electron chi connectivity index (χ3n) is 5.49. The van der Waals surface area contributed by atoms with E-state index >= 15 is 0 Å². The summed E-state index contributed by atoms with van der Waals surface area (Å²) in [6.07, 6.45) is 5.82. The quantitative estimate of drug-likeness (QED) is 0.651. The molecule has 1 N–H and O–H groups in total. The molecule has 1 aromatic heterocycles. The van der Waals surface area contributed by atoms with Crippen LogP contribution in [0.15, 0.2) is 60.8 Å². The van der Waals surface area contributed by atoms with Crippen molar-refractivity contribution in [1.82, 2.24) is 14.8 Å². The summed E-state index contributed by atoms with van der Waals surface area (Å²) in [5.74, 6) is 0.464. The number of carbonyl (C=O) groups is 2. The largest absolute Gasteiger partial charge is 0.342 e. The van der Waals surface area contributed by atoms with Crippen LogP contribution in [0.2, 0.25) is 0 Å². The van der Waals surface area contributed by atoms with E-state index in [4.69, 9.17) is 0 Å². The van der Waals surface area contributed by atoms with Gasteiger partial charge in [0.15, 0.2) is 0 Å². The lowest BCUT2D eigenvalue weighted by Crippen LogP contribution is -2.27. The van der Waals surface area contributed by atoms with Crippen LogP contribution >= 0.6 is 0 Å². The standard InChI is InChI=1S/C25H26N4O2/c1-28-16-21-14-18(15-26-25(21)27-23(30)17-28)10-11-24(31)29(2)13-12-20-8-5-7-19-6-3-4-9-22(19)20/h3-11,14-15H,12-13,16-17H2,1-2H3,(H,26,27,30)/b11-10+. The number of hydrogen-bond acceptors (Lipinski definition) is 4. The Kier molecular flexibility index (Phi) is 6.09. The van der Waals surface area contributed by atoms with Crippen LogP contribution in [0.3, 0.4) is 0 Å². The lowest BCUT2D eigenvalue weighted by atomic mass is 10.0. The average Bonchev–Trinajstić information content (AvgIpc) is 2.91. The highest BCUT2D eigenvalue weighted by Gasteiger charge is 2.17. The first-order valence-electron chi connectivity index (χ1n) is 10.4. The first kappa shape index (κ1) is 20.8. The van der Waals surface area contributed by atoms with E-state index < -0.39 is 0 Å². The number of carbonyl (C=O) groups excluding carboxylic acids is 2. The maximum Gasteiger partial charge on any atom is 0.246 e. The summed E-state index contributed by atoms with van der Waals surface area (Å²) >= 11 is 0. The second kappa shape index (κ2) is 9.10. The van der Waals surface area contributed by atoms with Gasteiger partial charge in [0.25, 0.3) is 0 Å². The van der Waals surface area contributed by atoms with E-state index in [9.17, 15) is 9.59 Å². The van der Waals surface area contributed by atoms with Gasteiger partial charge in [0.2, 0.25) is 11.8 Å². The minimum Gasteiger partial charge on any atom is -0.342 e. The predicted octanol–water partition coefficient (Wildman–Crippen LogP) is 3.33. The minimum absolute atomic E-state index is 0.0550. The molecule has 0 radical (unpaired) electrons. The molecule has 6 nitrogen and oxygen atoms in total. The van der Waals surface area contributed by atoms with E-state index in [1.165, 1.54) is 16.3 Å². The number of fused-ring (bicyclic) bond motifs is 2. The van der Waals surface area contributed by atoms with Gasteiger partial charge in [-0.3, -0.25) is 14.5 Å². The molecule has 6 heteroatoms. The van der Waals surface area contributed by atoms with Crippen molar-refractivity contribution in [2.45, 2.75) is 13.0 Å². The number of nitrogens with zero attached hydrogens (tertiary/aromatic N) is 3. The van der Waals surface area contributed by atoms with Crippen molar-refractivity contribution in [2.24, 2.45) is 0 Å². The molecule has 31 heavy (non-hydrogen) atoms. The summed E-state index contributed by atoms with van der Waals surface area (Å²) in [5, 5.41) is 5.26. The average molecular weight is 415 g/mol. The summed E-state index contributed by atoms with van der Waals surface area (Å²) in [6.45, 7) is 1.60. The van der Waals surface area contributed by atoms with Gasteiger partial charge in [0.05, 0.1) is 6.54 Å². The van der Waals surface area contributed by atoms with Gasteiger partial charge in [0.1, 0.15) is 5.82 Å². The number of pyridine rings is 1. The van der Waals surface area contributed by atoms with Crippen molar-refractivity contribution >= 4 is 34.5 Å². The number of likely N-dealkylation sites (N-methyl/N-ethyl adjacent to an activating group) is 2. The van der Waals surface area contributed by atoms with Gasteiger partial charge >= 0.3 is 0 Å². The van der Waals surface area contributed by atoms with Crippen LogP contribution in [-0.4, -0.2) is 53.8 Å². The number of anilines is 1. The number of rotatable bonds is 5. The van der Waals surface area contributed by atoms with Gasteiger partial charge in [-0.15, -0.1) is 0 Å². The summed E-state index contributed by atoms with van der Waals surface area (Å²) < 4.78 is 0. The van der Waals surface area contributed by atoms with Crippen molar-refractivity contribution in [2.75, 3.05) is 32.5 Å². The van der Waals surface area contributed by atoms with Crippen molar-refractivity contribution in [3.63, 3.8) is 0 Å². The van der Waals surface area contributed by atoms with Crippen LogP contribution in [0.5, 0.6) is 0 Å². The van der Waals surface area contributed by atoms with Crippen LogP contribution < -0.4 is 5.32 Å². The van der Waals surface area contributed by atoms with Crippen LogP contribution in [0.25, 0.3) is 16.8 Å². The number of amides is 2. The zero-order valence-electron chi connectivity index (χ0n) is 17.8. The number of aromatic nitrogens is 1. The van der Waals surface area contributed by atoms with Gasteiger partial charge in [-0.25, -0.2) is 4.98 Å². The summed E-state index contributed by atoms with van der Waals surface area (Å²) in [7, 11) is 3.71. The van der Waals surface area contributed by atoms with Crippen LogP contribution in [0.4, 0.5) is 5.82 Å². The van der Waals surface area contributed by atoms with Crippen molar-refractivity contribution < 1.29 is 9.59 Å². The fourth-order valence-corrected chi connectivity index (χ4v) is 3.82. The molecule has 3 aromatic rings. The molecule has 0 bridgehead atoms. The molecular weight excluding hydrogens is 388 g/mol. The molecule has 2 aromatic carbocycles. The van der Waals surface area contributed by atoms with E-state index in [0.717, 1.165) is 17.5 Å². The summed E-state index contributed by atoms with van der Waals surface area (Å²) in [5.41, 5.74) is 3.01. The van der Waals surface area contributed by atoms with E-state index in [0.29, 0.717) is 25.5 Å². The Morgan fingerprint density at radius 1 is 1.19 bits per heavy atom. The predicted molar refractivity (Wildman–Crippen MR) is 124 cm³/mol. The van der Waals surface area contributed by atoms with Gasteiger partial charge < -0.3 is 10.2 Å². The Labute approximate surface area is 182 Å². The Hall–Kier alpha value is -3.51. The molecule has 0 aliphatic carbocycles. The molecule has 0 fully saturated rings. The molecular formula is C25H26N4O2. The van der Waals surface area contributed by atoms with Crippen LogP contribution in [-0.2, 0) is 22.6 Å². The van der Waals surface area contributed by atoms with Gasteiger partial charge in [0, 0.05) is 38.0 Å². The second-order valence-electron chi connectivity index (χ2n) is 7.98. The minimum atomic E-state index is -0.0694. The lowest BCUT2D eigenvalue weighted by Gasteiger charge is -2.16. The van der Waals surface area contributed by atoms with Gasteiger partial charge in [-0.1, -0.05) is 42.5 Å². The smallest absolute Gasteiger partial charge is 0.246 e. The number of hydrogen-bond donors (Lipinski definition) is 1.